The lowest BCUT2D eigenvalue weighted by atomic mass is 9.98. The zero-order valence-electron chi connectivity index (χ0n) is 44.9. The summed E-state index contributed by atoms with van der Waals surface area (Å²) in [7, 11) is 0. The van der Waals surface area contributed by atoms with Gasteiger partial charge in [0.25, 0.3) is 0 Å². The highest BCUT2D eigenvalue weighted by Crippen LogP contribution is 2.53. The molecule has 0 fully saturated rings. The molecule has 6 heteroatoms. The molecule has 0 spiro atoms. The standard InChI is InChI=1S/C76H50N6/c1-48(50-26-4-3-5-27-50)77-49(2)71-72(78-61-38-16-6-28-51(61)52-29-7-17-39-62(52)78)74(80-65-42-20-10-32-55(65)56-33-11-21-43-66(56)80)76(82-69-46-24-14-36-59(69)60-37-15-25-47-70(60)82)75(81-67-44-22-12-34-57(67)58-35-13-23-45-68(58)81)73(71)79-63-40-18-8-30-53(63)54-31-9-19-41-64(54)79/h3-47H,2H2,1H3/b77-48+. The molecule has 17 rings (SSSR count). The maximum absolute atomic E-state index is 5.84. The second kappa shape index (κ2) is 17.8. The zero-order valence-corrected chi connectivity index (χ0v) is 44.9. The number of aliphatic imine (C=N–C) groups is 1. The Morgan fingerprint density at radius 3 is 0.659 bits per heavy atom. The summed E-state index contributed by atoms with van der Waals surface area (Å²) in [6, 6.07) is 99.8. The lowest BCUT2D eigenvalue weighted by Crippen LogP contribution is -2.19. The lowest BCUT2D eigenvalue weighted by molar-refractivity contribution is 0.992. The van der Waals surface area contributed by atoms with Crippen molar-refractivity contribution in [3.8, 4) is 28.4 Å². The van der Waals surface area contributed by atoms with Crippen LogP contribution < -0.4 is 0 Å². The fraction of sp³-hybridized carbons (Fsp3) is 0.0132. The van der Waals surface area contributed by atoms with E-state index in [0.717, 1.165) is 154 Å². The van der Waals surface area contributed by atoms with Crippen LogP contribution >= 0.6 is 0 Å². The summed E-state index contributed by atoms with van der Waals surface area (Å²) in [5.41, 5.74) is 18.9. The topological polar surface area (TPSA) is 37.0 Å². The van der Waals surface area contributed by atoms with Crippen LogP contribution in [0.3, 0.4) is 0 Å². The molecule has 5 heterocycles. The average molecular weight is 1050 g/mol. The van der Waals surface area contributed by atoms with Crippen molar-refractivity contribution in [2.45, 2.75) is 6.92 Å². The smallest absolute Gasteiger partial charge is 0.0991 e. The summed E-state index contributed by atoms with van der Waals surface area (Å²) in [6.07, 6.45) is 0. The van der Waals surface area contributed by atoms with Crippen molar-refractivity contribution in [3.05, 3.63) is 291 Å². The molecule has 0 saturated carbocycles. The Kier molecular flexibility index (Phi) is 9.98. The van der Waals surface area contributed by atoms with Gasteiger partial charge < -0.3 is 22.8 Å². The third-order valence-corrected chi connectivity index (χ3v) is 17.2. The van der Waals surface area contributed by atoms with Gasteiger partial charge in [0.15, 0.2) is 0 Å². The van der Waals surface area contributed by atoms with Crippen molar-refractivity contribution < 1.29 is 0 Å². The van der Waals surface area contributed by atoms with Crippen LogP contribution in [0.15, 0.2) is 285 Å². The number of hydrogen-bond acceptors (Lipinski definition) is 1. The van der Waals surface area contributed by atoms with E-state index in [1.807, 2.05) is 0 Å². The van der Waals surface area contributed by atoms with Gasteiger partial charge in [-0.05, 0) is 73.2 Å². The van der Waals surface area contributed by atoms with Crippen LogP contribution in [-0.4, -0.2) is 28.5 Å². The molecule has 5 aromatic heterocycles. The van der Waals surface area contributed by atoms with Gasteiger partial charge in [-0.1, -0.05) is 219 Å². The second-order valence-electron chi connectivity index (χ2n) is 21.5. The van der Waals surface area contributed by atoms with Crippen LogP contribution in [0.2, 0.25) is 0 Å². The van der Waals surface area contributed by atoms with Crippen LogP contribution in [-0.2, 0) is 0 Å². The van der Waals surface area contributed by atoms with Crippen molar-refractivity contribution in [1.82, 2.24) is 22.8 Å². The number of rotatable bonds is 8. The van der Waals surface area contributed by atoms with Crippen LogP contribution in [0.4, 0.5) is 0 Å². The quantitative estimate of drug-likeness (QED) is 0.136. The van der Waals surface area contributed by atoms with Crippen molar-refractivity contribution in [3.63, 3.8) is 0 Å². The molecule has 12 aromatic carbocycles. The summed E-state index contributed by atoms with van der Waals surface area (Å²) >= 11 is 0. The van der Waals surface area contributed by atoms with Crippen molar-refractivity contribution in [2.24, 2.45) is 4.99 Å². The van der Waals surface area contributed by atoms with Gasteiger partial charge >= 0.3 is 0 Å². The summed E-state index contributed by atoms with van der Waals surface area (Å²) in [5, 5.41) is 11.5. The molecule has 0 aliphatic heterocycles. The molecular weight excluding hydrogens is 997 g/mol. The van der Waals surface area contributed by atoms with E-state index in [1.165, 1.54) is 0 Å². The Bertz CT molecular complexity index is 5040. The number of nitrogens with zero attached hydrogens (tertiary/aromatic N) is 6. The molecule has 0 unspecified atom stereocenters. The SMILES string of the molecule is C=C(/N=C(\C)c1ccccc1)c1c(-n2c3ccccc3c3ccccc32)c(-n2c3ccccc3c3ccccc32)c(-n2c3ccccc3c3ccccc32)c(-n2c3ccccc3c3ccccc32)c1-n1c2ccccc2c2ccccc21. The van der Waals surface area contributed by atoms with E-state index < -0.39 is 0 Å². The van der Waals surface area contributed by atoms with E-state index >= 15 is 0 Å². The molecule has 82 heavy (non-hydrogen) atoms. The second-order valence-corrected chi connectivity index (χ2v) is 21.5. The molecule has 384 valence electrons. The Labute approximate surface area is 471 Å². The zero-order chi connectivity index (χ0) is 54.2. The number of fused-ring (bicyclic) bond motifs is 15. The number of para-hydroxylation sites is 10. The first kappa shape index (κ1) is 46.0. The first-order valence-corrected chi connectivity index (χ1v) is 28.1. The van der Waals surface area contributed by atoms with Gasteiger partial charge in [0.2, 0.25) is 0 Å². The van der Waals surface area contributed by atoms with Crippen molar-refractivity contribution >= 4 is 120 Å². The predicted octanol–water partition coefficient (Wildman–Crippen LogP) is 19.7. The van der Waals surface area contributed by atoms with Crippen LogP contribution in [0.5, 0.6) is 0 Å². The largest absolute Gasteiger partial charge is 0.306 e. The summed E-state index contributed by atoms with van der Waals surface area (Å²) < 4.78 is 12.8. The fourth-order valence-electron chi connectivity index (χ4n) is 13.8. The highest BCUT2D eigenvalue weighted by Gasteiger charge is 2.37. The molecule has 0 radical (unpaired) electrons. The van der Waals surface area contributed by atoms with Crippen LogP contribution in [0.1, 0.15) is 18.1 Å². The van der Waals surface area contributed by atoms with E-state index in [4.69, 9.17) is 11.6 Å². The minimum Gasteiger partial charge on any atom is -0.306 e. The molecular formula is C76H50N6. The Morgan fingerprint density at radius 2 is 0.427 bits per heavy atom. The van der Waals surface area contributed by atoms with Crippen molar-refractivity contribution in [1.29, 1.82) is 0 Å². The van der Waals surface area contributed by atoms with Crippen molar-refractivity contribution in [2.75, 3.05) is 0 Å². The summed E-state index contributed by atoms with van der Waals surface area (Å²) in [4.78, 5) is 5.84. The van der Waals surface area contributed by atoms with Crippen LogP contribution in [0, 0.1) is 0 Å². The van der Waals surface area contributed by atoms with E-state index in [0.29, 0.717) is 5.70 Å². The maximum Gasteiger partial charge on any atom is 0.0991 e. The third-order valence-electron chi connectivity index (χ3n) is 17.2. The summed E-state index contributed by atoms with van der Waals surface area (Å²) in [5.74, 6) is 0. The molecule has 0 aliphatic carbocycles. The average Bonchev–Trinajstić information content (AvgIpc) is 1.98. The third kappa shape index (κ3) is 6.43. The minimum atomic E-state index is 0.618. The van der Waals surface area contributed by atoms with Gasteiger partial charge in [-0.2, -0.15) is 0 Å². The molecule has 0 amide bonds. The Morgan fingerprint density at radius 1 is 0.244 bits per heavy atom. The van der Waals surface area contributed by atoms with Gasteiger partial charge in [0, 0.05) is 59.6 Å². The monoisotopic (exact) mass is 1050 g/mol. The molecule has 0 atom stereocenters. The molecule has 0 N–H and O–H groups in total. The minimum absolute atomic E-state index is 0.618. The first-order valence-electron chi connectivity index (χ1n) is 28.1. The van der Waals surface area contributed by atoms with E-state index in [-0.39, 0.29) is 0 Å². The first-order chi connectivity index (χ1) is 40.6. The molecule has 17 aromatic rings. The van der Waals surface area contributed by atoms with Gasteiger partial charge in [-0.15, -0.1) is 0 Å². The fourth-order valence-corrected chi connectivity index (χ4v) is 13.8. The van der Waals surface area contributed by atoms with Gasteiger partial charge in [0.1, 0.15) is 0 Å². The number of hydrogen-bond donors (Lipinski definition) is 0. The maximum atomic E-state index is 5.84. The normalized spacial score (nSPS) is 12.3. The lowest BCUT2D eigenvalue weighted by Gasteiger charge is -2.31. The number of aromatic nitrogens is 5. The Balaban J connectivity index is 1.27. The number of benzene rings is 12. The summed E-state index contributed by atoms with van der Waals surface area (Å²) in [6.45, 7) is 7.42. The Hall–Kier alpha value is -11.0. The van der Waals surface area contributed by atoms with Gasteiger partial charge in [0.05, 0.1) is 94.9 Å². The molecule has 6 nitrogen and oxygen atoms in total. The molecule has 0 aliphatic rings. The van der Waals surface area contributed by atoms with E-state index in [9.17, 15) is 0 Å². The van der Waals surface area contributed by atoms with Gasteiger partial charge in [-0.25, -0.2) is 0 Å². The molecule has 0 saturated heterocycles. The van der Waals surface area contributed by atoms with E-state index in [1.54, 1.807) is 0 Å². The molecule has 0 bridgehead atoms. The van der Waals surface area contributed by atoms with Gasteiger partial charge in [-0.3, -0.25) is 4.99 Å². The van der Waals surface area contributed by atoms with Crippen LogP contribution in [0.25, 0.3) is 143 Å². The highest BCUT2D eigenvalue weighted by atomic mass is 15.2. The predicted molar refractivity (Wildman–Crippen MR) is 346 cm³/mol. The van der Waals surface area contributed by atoms with E-state index in [2.05, 4.69) is 303 Å². The highest BCUT2D eigenvalue weighted by molar-refractivity contribution is 6.19.